The summed E-state index contributed by atoms with van der Waals surface area (Å²) in [6, 6.07) is 3.64. The molecule has 10 nitrogen and oxygen atoms in total. The van der Waals surface area contributed by atoms with E-state index < -0.39 is 17.7 Å². The number of carbonyl (C=O) groups excluding carboxylic acids is 2. The summed E-state index contributed by atoms with van der Waals surface area (Å²) >= 11 is 0. The van der Waals surface area contributed by atoms with Crippen molar-refractivity contribution >= 4 is 11.9 Å². The molecular formula is C27H35N5O5. The largest absolute Gasteiger partial charge is 0.480 e. The standard InChI is InChI=1S/C27H35N5O5/c1-27(2,3)37-26(34)32-20(8-6-5-7-9-22(33)25-28-14-15-36-25)23-29-16-21(30-23)18-12-13-19(17-10-11-17)31-24(18)35-4/h12-17,20H,5-11H2,1-4H3,(H,29,30)(H,32,34)/t20-/m0/s1. The van der Waals surface area contributed by atoms with Crippen LogP contribution in [0.15, 0.2) is 35.2 Å². The summed E-state index contributed by atoms with van der Waals surface area (Å²) < 4.78 is 16.1. The molecule has 0 spiro atoms. The predicted octanol–water partition coefficient (Wildman–Crippen LogP) is 5.74. The molecule has 1 saturated carbocycles. The van der Waals surface area contributed by atoms with E-state index in [9.17, 15) is 9.59 Å². The Morgan fingerprint density at radius 3 is 2.68 bits per heavy atom. The number of H-pyrrole nitrogens is 1. The van der Waals surface area contributed by atoms with Gasteiger partial charge in [-0.25, -0.2) is 19.7 Å². The van der Waals surface area contributed by atoms with E-state index in [1.54, 1.807) is 13.3 Å². The fraction of sp³-hybridized carbons (Fsp3) is 0.519. The third kappa shape index (κ3) is 7.41. The van der Waals surface area contributed by atoms with E-state index in [0.29, 0.717) is 36.9 Å². The van der Waals surface area contributed by atoms with Gasteiger partial charge in [-0.1, -0.05) is 12.8 Å². The van der Waals surface area contributed by atoms with Crippen molar-refractivity contribution in [1.82, 2.24) is 25.3 Å². The minimum absolute atomic E-state index is 0.112. The number of nitrogens with zero attached hydrogens (tertiary/aromatic N) is 3. The number of hydrogen-bond donors (Lipinski definition) is 2. The number of ketones is 1. The van der Waals surface area contributed by atoms with Gasteiger partial charge in [0.1, 0.15) is 17.7 Å². The SMILES string of the molecule is COc1nc(C2CC2)ccc1-c1cnc([C@H](CCCCCC(=O)c2ncco2)NC(=O)OC(C)(C)C)[nH]1. The first-order chi connectivity index (χ1) is 17.7. The van der Waals surface area contributed by atoms with Crippen LogP contribution in [0.2, 0.25) is 0 Å². The zero-order chi connectivity index (χ0) is 26.4. The van der Waals surface area contributed by atoms with Crippen molar-refractivity contribution in [3.8, 4) is 17.1 Å². The molecule has 3 heterocycles. The average molecular weight is 510 g/mol. The number of unbranched alkanes of at least 4 members (excludes halogenated alkanes) is 2. The van der Waals surface area contributed by atoms with Crippen LogP contribution in [0.25, 0.3) is 11.3 Å². The molecule has 1 atom stereocenters. The first-order valence-corrected chi connectivity index (χ1v) is 12.8. The van der Waals surface area contributed by atoms with Gasteiger partial charge in [-0.3, -0.25) is 4.79 Å². The van der Waals surface area contributed by atoms with Crippen LogP contribution >= 0.6 is 0 Å². The Hall–Kier alpha value is -3.69. The van der Waals surface area contributed by atoms with E-state index in [1.165, 1.54) is 12.5 Å². The normalized spacial score (nSPS) is 14.3. The van der Waals surface area contributed by atoms with E-state index in [1.807, 2.05) is 32.9 Å². The first kappa shape index (κ1) is 26.4. The molecule has 1 amide bonds. The van der Waals surface area contributed by atoms with E-state index in [2.05, 4.69) is 25.3 Å². The topological polar surface area (TPSA) is 132 Å². The number of alkyl carbamates (subject to hydrolysis) is 1. The molecule has 1 aliphatic rings. The quantitative estimate of drug-likeness (QED) is 0.233. The second-order valence-corrected chi connectivity index (χ2v) is 10.3. The van der Waals surface area contributed by atoms with Gasteiger partial charge in [-0.2, -0.15) is 0 Å². The Bertz CT molecular complexity index is 1190. The van der Waals surface area contributed by atoms with Crippen molar-refractivity contribution in [2.45, 2.75) is 83.3 Å². The van der Waals surface area contributed by atoms with Gasteiger partial charge in [-0.15, -0.1) is 0 Å². The van der Waals surface area contributed by atoms with Crippen LogP contribution in [0, 0.1) is 0 Å². The molecule has 3 aromatic rings. The van der Waals surface area contributed by atoms with Gasteiger partial charge in [0.05, 0.1) is 36.8 Å². The number of oxazole rings is 1. The van der Waals surface area contributed by atoms with Crippen molar-refractivity contribution in [1.29, 1.82) is 0 Å². The van der Waals surface area contributed by atoms with Gasteiger partial charge in [0.15, 0.2) is 0 Å². The maximum absolute atomic E-state index is 12.6. The number of aromatic amines is 1. The molecule has 2 N–H and O–H groups in total. The molecule has 1 fully saturated rings. The number of carbonyl (C=O) groups is 2. The molecule has 1 aliphatic carbocycles. The first-order valence-electron chi connectivity index (χ1n) is 12.8. The van der Waals surface area contributed by atoms with Gasteiger partial charge < -0.3 is 24.2 Å². The second kappa shape index (κ2) is 11.6. The minimum Gasteiger partial charge on any atom is -0.480 e. The summed E-state index contributed by atoms with van der Waals surface area (Å²) in [5.41, 5.74) is 2.00. The van der Waals surface area contributed by atoms with Gasteiger partial charge in [0, 0.05) is 18.0 Å². The van der Waals surface area contributed by atoms with Crippen LogP contribution in [0.1, 0.15) is 99.9 Å². The maximum atomic E-state index is 12.6. The molecular weight excluding hydrogens is 474 g/mol. The number of Topliss-reactive ketones (excluding diaryl/α,β-unsaturated/α-hetero) is 1. The highest BCUT2D eigenvalue weighted by atomic mass is 16.6. The highest BCUT2D eigenvalue weighted by molar-refractivity contribution is 5.91. The molecule has 0 radical (unpaired) electrons. The van der Waals surface area contributed by atoms with Crippen LogP contribution < -0.4 is 10.1 Å². The lowest BCUT2D eigenvalue weighted by Gasteiger charge is -2.23. The Morgan fingerprint density at radius 1 is 1.19 bits per heavy atom. The lowest BCUT2D eigenvalue weighted by molar-refractivity contribution is 0.0498. The van der Waals surface area contributed by atoms with Gasteiger partial charge in [0.25, 0.3) is 5.89 Å². The monoisotopic (exact) mass is 509 g/mol. The number of imidazole rings is 1. The second-order valence-electron chi connectivity index (χ2n) is 10.3. The lowest BCUT2D eigenvalue weighted by atomic mass is 10.1. The van der Waals surface area contributed by atoms with Crippen molar-refractivity contribution in [3.63, 3.8) is 0 Å². The van der Waals surface area contributed by atoms with Crippen LogP contribution in [0.5, 0.6) is 5.88 Å². The molecule has 3 aromatic heterocycles. The summed E-state index contributed by atoms with van der Waals surface area (Å²) in [7, 11) is 1.61. The molecule has 37 heavy (non-hydrogen) atoms. The number of ether oxygens (including phenoxy) is 2. The van der Waals surface area contributed by atoms with Crippen molar-refractivity contribution in [2.24, 2.45) is 0 Å². The molecule has 198 valence electrons. The number of aromatic nitrogens is 4. The van der Waals surface area contributed by atoms with Crippen LogP contribution in [0.3, 0.4) is 0 Å². The number of pyridine rings is 1. The zero-order valence-corrected chi connectivity index (χ0v) is 21.9. The number of methoxy groups -OCH3 is 1. The molecule has 0 aromatic carbocycles. The van der Waals surface area contributed by atoms with E-state index >= 15 is 0 Å². The third-order valence-corrected chi connectivity index (χ3v) is 6.04. The fourth-order valence-corrected chi connectivity index (χ4v) is 4.08. The Kier molecular flexibility index (Phi) is 8.25. The highest BCUT2D eigenvalue weighted by Gasteiger charge is 2.27. The Morgan fingerprint density at radius 2 is 2.00 bits per heavy atom. The van der Waals surface area contributed by atoms with Crippen molar-refractivity contribution in [3.05, 3.63) is 48.2 Å². The zero-order valence-electron chi connectivity index (χ0n) is 21.9. The molecule has 0 aliphatic heterocycles. The van der Waals surface area contributed by atoms with E-state index in [0.717, 1.165) is 42.6 Å². The summed E-state index contributed by atoms with van der Waals surface area (Å²) in [6.45, 7) is 5.46. The average Bonchev–Trinajstić information content (AvgIpc) is 3.34. The van der Waals surface area contributed by atoms with Crippen LogP contribution in [0.4, 0.5) is 4.79 Å². The fourth-order valence-electron chi connectivity index (χ4n) is 4.08. The molecule has 0 saturated heterocycles. The third-order valence-electron chi connectivity index (χ3n) is 6.04. The molecule has 10 heteroatoms. The van der Waals surface area contributed by atoms with Crippen LogP contribution in [-0.4, -0.2) is 44.5 Å². The smallest absolute Gasteiger partial charge is 0.408 e. The van der Waals surface area contributed by atoms with Crippen molar-refractivity contribution in [2.75, 3.05) is 7.11 Å². The summed E-state index contributed by atoms with van der Waals surface area (Å²) in [5, 5.41) is 2.94. The summed E-state index contributed by atoms with van der Waals surface area (Å²) in [4.78, 5) is 41.1. The summed E-state index contributed by atoms with van der Waals surface area (Å²) in [5.74, 6) is 1.72. The predicted molar refractivity (Wildman–Crippen MR) is 136 cm³/mol. The van der Waals surface area contributed by atoms with Gasteiger partial charge >= 0.3 is 6.09 Å². The molecule has 0 unspecified atom stereocenters. The van der Waals surface area contributed by atoms with Gasteiger partial charge in [-0.05, 0) is 58.6 Å². The minimum atomic E-state index is -0.619. The lowest BCUT2D eigenvalue weighted by Crippen LogP contribution is -2.35. The summed E-state index contributed by atoms with van der Waals surface area (Å²) in [6.07, 6.45) is 9.64. The number of hydrogen-bond acceptors (Lipinski definition) is 8. The Labute approximate surface area is 216 Å². The highest BCUT2D eigenvalue weighted by Crippen LogP contribution is 2.41. The maximum Gasteiger partial charge on any atom is 0.408 e. The number of amides is 1. The molecule has 0 bridgehead atoms. The van der Waals surface area contributed by atoms with E-state index in [4.69, 9.17) is 13.9 Å². The Balaban J connectivity index is 1.42. The van der Waals surface area contributed by atoms with Crippen LogP contribution in [-0.2, 0) is 4.74 Å². The number of rotatable bonds is 12. The number of nitrogens with one attached hydrogen (secondary N) is 2. The van der Waals surface area contributed by atoms with Crippen molar-refractivity contribution < 1.29 is 23.5 Å². The van der Waals surface area contributed by atoms with Gasteiger partial charge in [0.2, 0.25) is 11.7 Å². The van der Waals surface area contributed by atoms with E-state index in [-0.39, 0.29) is 11.7 Å². The molecule has 4 rings (SSSR count).